The topological polar surface area (TPSA) is 43.4 Å². The minimum absolute atomic E-state index is 0.689. The Morgan fingerprint density at radius 2 is 2.29 bits per heavy atom. The first-order valence-corrected chi connectivity index (χ1v) is 6.18. The van der Waals surface area contributed by atoms with Crippen molar-refractivity contribution in [3.63, 3.8) is 0 Å². The molecule has 4 nitrogen and oxygen atoms in total. The van der Waals surface area contributed by atoms with Crippen molar-refractivity contribution >= 4 is 0 Å². The largest absolute Gasteiger partial charge is 0.493 e. The molecule has 1 aliphatic rings. The average Bonchev–Trinajstić information content (AvgIpc) is 3.17. The zero-order valence-electron chi connectivity index (χ0n) is 10.3. The molecule has 1 heterocycles. The zero-order valence-corrected chi connectivity index (χ0v) is 10.3. The lowest BCUT2D eigenvalue weighted by molar-refractivity contribution is 0.171. The van der Waals surface area contributed by atoms with Crippen molar-refractivity contribution in [2.75, 3.05) is 20.3 Å². The Labute approximate surface area is 102 Å². The summed E-state index contributed by atoms with van der Waals surface area (Å²) in [6.07, 6.45) is 7.15. The lowest BCUT2D eigenvalue weighted by Gasteiger charge is -2.11. The zero-order chi connectivity index (χ0) is 11.9. The van der Waals surface area contributed by atoms with Crippen molar-refractivity contribution in [1.82, 2.24) is 10.3 Å². The van der Waals surface area contributed by atoms with Crippen molar-refractivity contribution in [2.24, 2.45) is 0 Å². The second-order valence-electron chi connectivity index (χ2n) is 4.33. The number of ether oxygens (including phenoxy) is 2. The monoisotopic (exact) mass is 236 g/mol. The molecule has 0 aromatic carbocycles. The molecule has 94 valence electrons. The second kappa shape index (κ2) is 6.57. The van der Waals surface area contributed by atoms with Crippen LogP contribution in [0.3, 0.4) is 0 Å². The molecule has 0 aliphatic heterocycles. The van der Waals surface area contributed by atoms with Gasteiger partial charge in [-0.15, -0.1) is 0 Å². The molecule has 1 aliphatic carbocycles. The van der Waals surface area contributed by atoms with Gasteiger partial charge in [0.05, 0.1) is 6.61 Å². The highest BCUT2D eigenvalue weighted by atomic mass is 16.5. The first kappa shape index (κ1) is 12.3. The van der Waals surface area contributed by atoms with Crippen LogP contribution in [-0.2, 0) is 11.3 Å². The van der Waals surface area contributed by atoms with E-state index in [0.717, 1.165) is 30.9 Å². The van der Waals surface area contributed by atoms with E-state index in [9.17, 15) is 0 Å². The molecule has 0 amide bonds. The van der Waals surface area contributed by atoms with Gasteiger partial charge in [-0.05, 0) is 18.9 Å². The number of rotatable bonds is 8. The highest BCUT2D eigenvalue weighted by Crippen LogP contribution is 2.22. The highest BCUT2D eigenvalue weighted by molar-refractivity contribution is 5.30. The van der Waals surface area contributed by atoms with E-state index < -0.39 is 0 Å². The molecule has 1 saturated carbocycles. The van der Waals surface area contributed by atoms with Crippen molar-refractivity contribution in [1.29, 1.82) is 0 Å². The van der Waals surface area contributed by atoms with Gasteiger partial charge in [0, 0.05) is 50.7 Å². The predicted octanol–water partition coefficient (Wildman–Crippen LogP) is 1.75. The number of pyridine rings is 1. The van der Waals surface area contributed by atoms with Gasteiger partial charge in [-0.3, -0.25) is 4.98 Å². The molecular formula is C13H20N2O2. The fourth-order valence-electron chi connectivity index (χ4n) is 1.62. The smallest absolute Gasteiger partial charge is 0.126 e. The van der Waals surface area contributed by atoms with Gasteiger partial charge in [-0.25, -0.2) is 0 Å². The number of nitrogens with one attached hydrogen (secondary N) is 1. The molecule has 0 unspecified atom stereocenters. The maximum Gasteiger partial charge on any atom is 0.126 e. The third-order valence-corrected chi connectivity index (χ3v) is 2.77. The Bertz CT molecular complexity index is 340. The summed E-state index contributed by atoms with van der Waals surface area (Å²) < 4.78 is 10.7. The van der Waals surface area contributed by atoms with E-state index in [2.05, 4.69) is 10.3 Å². The highest BCUT2D eigenvalue weighted by Gasteiger charge is 2.20. The summed E-state index contributed by atoms with van der Waals surface area (Å²) >= 11 is 0. The third kappa shape index (κ3) is 4.32. The van der Waals surface area contributed by atoms with Crippen LogP contribution in [0.2, 0.25) is 0 Å². The van der Waals surface area contributed by atoms with Crippen molar-refractivity contribution in [2.45, 2.75) is 31.8 Å². The lowest BCUT2D eigenvalue weighted by Crippen LogP contribution is -2.16. The van der Waals surface area contributed by atoms with Gasteiger partial charge >= 0.3 is 0 Å². The molecule has 1 aromatic heterocycles. The molecular weight excluding hydrogens is 216 g/mol. The van der Waals surface area contributed by atoms with E-state index in [1.54, 1.807) is 13.3 Å². The molecule has 0 spiro atoms. The van der Waals surface area contributed by atoms with E-state index in [1.807, 2.05) is 12.3 Å². The lowest BCUT2D eigenvalue weighted by atomic mass is 10.2. The standard InChI is InChI=1S/C13H20N2O2/c1-16-7-2-8-17-13-5-6-14-9-11(13)10-15-12-3-4-12/h5-6,9,12,15H,2-4,7-8,10H2,1H3. The summed E-state index contributed by atoms with van der Waals surface area (Å²) in [6.45, 7) is 2.27. The third-order valence-electron chi connectivity index (χ3n) is 2.77. The minimum atomic E-state index is 0.689. The molecule has 17 heavy (non-hydrogen) atoms. The second-order valence-corrected chi connectivity index (χ2v) is 4.33. The predicted molar refractivity (Wildman–Crippen MR) is 66.1 cm³/mol. The van der Waals surface area contributed by atoms with E-state index in [0.29, 0.717) is 12.6 Å². The molecule has 0 radical (unpaired) electrons. The Hall–Kier alpha value is -1.13. The van der Waals surface area contributed by atoms with Crippen molar-refractivity contribution in [3.8, 4) is 5.75 Å². The van der Waals surface area contributed by atoms with Crippen LogP contribution >= 0.6 is 0 Å². The number of aromatic nitrogens is 1. The molecule has 1 fully saturated rings. The van der Waals surface area contributed by atoms with Gasteiger partial charge in [-0.2, -0.15) is 0 Å². The summed E-state index contributed by atoms with van der Waals surface area (Å²) in [5.41, 5.74) is 1.14. The first-order chi connectivity index (χ1) is 8.40. The number of methoxy groups -OCH3 is 1. The number of nitrogens with zero attached hydrogens (tertiary/aromatic N) is 1. The quantitative estimate of drug-likeness (QED) is 0.698. The normalized spacial score (nSPS) is 14.9. The maximum absolute atomic E-state index is 5.73. The Kier molecular flexibility index (Phi) is 4.76. The molecule has 0 atom stereocenters. The van der Waals surface area contributed by atoms with Gasteiger partial charge in [0.1, 0.15) is 5.75 Å². The van der Waals surface area contributed by atoms with Crippen molar-refractivity contribution < 1.29 is 9.47 Å². The van der Waals surface area contributed by atoms with E-state index in [1.165, 1.54) is 12.8 Å². The fourth-order valence-corrected chi connectivity index (χ4v) is 1.62. The summed E-state index contributed by atoms with van der Waals surface area (Å²) in [6, 6.07) is 2.63. The van der Waals surface area contributed by atoms with Gasteiger partial charge in [0.15, 0.2) is 0 Å². The van der Waals surface area contributed by atoms with Crippen LogP contribution in [0.5, 0.6) is 5.75 Å². The number of hydrogen-bond donors (Lipinski definition) is 1. The SMILES string of the molecule is COCCCOc1ccncc1CNC1CC1. The van der Waals surface area contributed by atoms with E-state index in [4.69, 9.17) is 9.47 Å². The van der Waals surface area contributed by atoms with Gasteiger partial charge in [0.25, 0.3) is 0 Å². The van der Waals surface area contributed by atoms with Crippen LogP contribution in [0.4, 0.5) is 0 Å². The van der Waals surface area contributed by atoms with Crippen LogP contribution in [0.25, 0.3) is 0 Å². The Balaban J connectivity index is 1.80. The van der Waals surface area contributed by atoms with Gasteiger partial charge in [0.2, 0.25) is 0 Å². The summed E-state index contributed by atoms with van der Waals surface area (Å²) in [4.78, 5) is 4.14. The molecule has 2 rings (SSSR count). The van der Waals surface area contributed by atoms with Crippen LogP contribution in [0.15, 0.2) is 18.5 Å². The summed E-state index contributed by atoms with van der Waals surface area (Å²) in [7, 11) is 1.71. The Morgan fingerprint density at radius 1 is 1.41 bits per heavy atom. The molecule has 1 N–H and O–H groups in total. The minimum Gasteiger partial charge on any atom is -0.493 e. The van der Waals surface area contributed by atoms with Gasteiger partial charge < -0.3 is 14.8 Å². The van der Waals surface area contributed by atoms with Crippen molar-refractivity contribution in [3.05, 3.63) is 24.0 Å². The molecule has 0 bridgehead atoms. The molecule has 0 saturated heterocycles. The van der Waals surface area contributed by atoms with Crippen LogP contribution in [-0.4, -0.2) is 31.3 Å². The summed E-state index contributed by atoms with van der Waals surface area (Å²) in [5.74, 6) is 0.934. The average molecular weight is 236 g/mol. The van der Waals surface area contributed by atoms with Gasteiger partial charge in [-0.1, -0.05) is 0 Å². The molecule has 1 aromatic rings. The van der Waals surface area contributed by atoms with Crippen LogP contribution in [0.1, 0.15) is 24.8 Å². The van der Waals surface area contributed by atoms with E-state index >= 15 is 0 Å². The number of hydrogen-bond acceptors (Lipinski definition) is 4. The first-order valence-electron chi connectivity index (χ1n) is 6.18. The summed E-state index contributed by atoms with van der Waals surface area (Å²) in [5, 5.41) is 3.47. The van der Waals surface area contributed by atoms with E-state index in [-0.39, 0.29) is 0 Å². The Morgan fingerprint density at radius 3 is 3.06 bits per heavy atom. The maximum atomic E-state index is 5.73. The molecule has 4 heteroatoms. The van der Waals surface area contributed by atoms with Crippen LogP contribution in [0, 0.1) is 0 Å². The van der Waals surface area contributed by atoms with Crippen LogP contribution < -0.4 is 10.1 Å². The fraction of sp³-hybridized carbons (Fsp3) is 0.615.